The first kappa shape index (κ1) is 34.0. The third kappa shape index (κ3) is 11.6. The number of benzene rings is 1. The van der Waals surface area contributed by atoms with E-state index < -0.39 is 10.9 Å². The fraction of sp³-hybridized carbons (Fsp3) is 0.613. The number of aliphatic carboxylic acids is 1. The average Bonchev–Trinajstić information content (AvgIpc) is 3.39. The van der Waals surface area contributed by atoms with Crippen molar-refractivity contribution >= 4 is 17.7 Å². The Balaban J connectivity index is 0.00000187. The van der Waals surface area contributed by atoms with Crippen LogP contribution in [0.5, 0.6) is 0 Å². The summed E-state index contributed by atoms with van der Waals surface area (Å²) in [7, 11) is 0. The number of urea groups is 1. The maximum Gasteiger partial charge on any atom is 0.318 e. The molecule has 0 spiro atoms. The molecule has 1 aliphatic heterocycles. The molecule has 41 heavy (non-hydrogen) atoms. The Bertz CT molecular complexity index is 991. The molecule has 1 aromatic carbocycles. The van der Waals surface area contributed by atoms with Gasteiger partial charge < -0.3 is 20.2 Å². The number of allylic oxidation sites excluding steroid dienone is 1. The van der Waals surface area contributed by atoms with Gasteiger partial charge in [0.2, 0.25) is 0 Å². The smallest absolute Gasteiger partial charge is 0.318 e. The van der Waals surface area contributed by atoms with Gasteiger partial charge in [-0.1, -0.05) is 38.1 Å². The minimum Gasteiger partial charge on any atom is -0.480 e. The van der Waals surface area contributed by atoms with Crippen LogP contribution in [0.2, 0.25) is 0 Å². The van der Waals surface area contributed by atoms with Gasteiger partial charge in [-0.25, -0.2) is 4.79 Å². The first-order valence-corrected chi connectivity index (χ1v) is 14.7. The standard InChI is InChI=1S/C28H43N5O5.C3H6/c1-4-13-32(28(36)29-17-22-5-8-25(9-6-22)33(37)38)24-11-14-30(15-12-24)19-23-7-10-26(16-23)31(18-21(2)3)20-27(34)35;1-3-2/h4-6,8-9,21,23-24,26H,1,7,10-20H2,2-3H3,(H,29,36)(H,34,35);3H,1H2,2H3/t23-,26?;/m1./s1. The normalized spacial score (nSPS) is 19.3. The highest BCUT2D eigenvalue weighted by atomic mass is 16.6. The van der Waals surface area contributed by atoms with Crippen LogP contribution in [0.25, 0.3) is 0 Å². The summed E-state index contributed by atoms with van der Waals surface area (Å²) >= 11 is 0. The number of nitro benzene ring substituents is 1. The zero-order chi connectivity index (χ0) is 30.4. The van der Waals surface area contributed by atoms with E-state index in [1.54, 1.807) is 24.3 Å². The van der Waals surface area contributed by atoms with E-state index in [2.05, 4.69) is 42.1 Å². The van der Waals surface area contributed by atoms with Crippen molar-refractivity contribution in [3.63, 3.8) is 0 Å². The van der Waals surface area contributed by atoms with Crippen molar-refractivity contribution in [2.24, 2.45) is 11.8 Å². The van der Waals surface area contributed by atoms with Gasteiger partial charge in [0, 0.05) is 63.5 Å². The molecule has 1 aliphatic carbocycles. The highest BCUT2D eigenvalue weighted by Crippen LogP contribution is 2.31. The largest absolute Gasteiger partial charge is 0.480 e. The number of nitrogens with one attached hydrogen (secondary N) is 1. The molecule has 0 bridgehead atoms. The number of rotatable bonds is 13. The molecule has 1 aromatic rings. The van der Waals surface area contributed by atoms with Crippen LogP contribution in [0.3, 0.4) is 0 Å². The monoisotopic (exact) mass is 571 g/mol. The molecule has 1 saturated carbocycles. The van der Waals surface area contributed by atoms with Crippen LogP contribution in [-0.2, 0) is 11.3 Å². The van der Waals surface area contributed by atoms with Crippen LogP contribution in [0.1, 0.15) is 58.4 Å². The predicted octanol–water partition coefficient (Wildman–Crippen LogP) is 5.16. The van der Waals surface area contributed by atoms with Crippen molar-refractivity contribution in [1.82, 2.24) is 20.0 Å². The zero-order valence-electron chi connectivity index (χ0n) is 25.0. The Hall–Kier alpha value is -3.24. The molecule has 228 valence electrons. The van der Waals surface area contributed by atoms with Crippen LogP contribution in [0.15, 0.2) is 49.6 Å². The summed E-state index contributed by atoms with van der Waals surface area (Å²) in [5, 5.41) is 23.1. The van der Waals surface area contributed by atoms with Crippen LogP contribution < -0.4 is 5.32 Å². The number of piperidine rings is 1. The lowest BCUT2D eigenvalue weighted by atomic mass is 10.0. The highest BCUT2D eigenvalue weighted by Gasteiger charge is 2.33. The minimum absolute atomic E-state index is 0.0291. The van der Waals surface area contributed by atoms with Gasteiger partial charge in [0.25, 0.3) is 5.69 Å². The molecule has 0 aromatic heterocycles. The van der Waals surface area contributed by atoms with E-state index in [1.165, 1.54) is 12.1 Å². The van der Waals surface area contributed by atoms with Gasteiger partial charge >= 0.3 is 12.0 Å². The summed E-state index contributed by atoms with van der Waals surface area (Å²) < 4.78 is 0. The summed E-state index contributed by atoms with van der Waals surface area (Å²) in [6.07, 6.45) is 8.53. The fourth-order valence-electron chi connectivity index (χ4n) is 5.86. The van der Waals surface area contributed by atoms with Crippen molar-refractivity contribution in [1.29, 1.82) is 0 Å². The first-order valence-electron chi connectivity index (χ1n) is 14.7. The maximum absolute atomic E-state index is 13.0. The maximum atomic E-state index is 13.0. The predicted molar refractivity (Wildman–Crippen MR) is 163 cm³/mol. The first-order chi connectivity index (χ1) is 19.6. The van der Waals surface area contributed by atoms with Gasteiger partial charge in [0.15, 0.2) is 0 Å². The van der Waals surface area contributed by atoms with Gasteiger partial charge in [-0.05, 0) is 56.4 Å². The summed E-state index contributed by atoms with van der Waals surface area (Å²) in [6, 6.07) is 6.54. The van der Waals surface area contributed by atoms with E-state index in [9.17, 15) is 24.8 Å². The number of nitro groups is 1. The van der Waals surface area contributed by atoms with E-state index in [-0.39, 0.29) is 24.3 Å². The van der Waals surface area contributed by atoms with Gasteiger partial charge in [-0.15, -0.1) is 13.2 Å². The summed E-state index contributed by atoms with van der Waals surface area (Å²) in [5.74, 6) is 0.267. The third-order valence-electron chi connectivity index (χ3n) is 7.66. The number of non-ortho nitro benzene ring substituents is 1. The molecule has 2 fully saturated rings. The zero-order valence-corrected chi connectivity index (χ0v) is 25.0. The second-order valence-corrected chi connectivity index (χ2v) is 11.5. The summed E-state index contributed by atoms with van der Waals surface area (Å²) in [6.45, 7) is 17.9. The van der Waals surface area contributed by atoms with Crippen LogP contribution in [-0.4, -0.2) is 88.1 Å². The van der Waals surface area contributed by atoms with Gasteiger partial charge in [0.05, 0.1) is 11.5 Å². The number of nitrogens with zero attached hydrogens (tertiary/aromatic N) is 4. The molecule has 1 saturated heterocycles. The SMILES string of the molecule is C=CC.C=CCN(C(=O)NCc1ccc([N+](=O)[O-])cc1)C1CCN(C[C@@H]2CCC(N(CC(=O)O)CC(C)C)C2)CC1. The Morgan fingerprint density at radius 2 is 1.78 bits per heavy atom. The molecule has 10 nitrogen and oxygen atoms in total. The molecular weight excluding hydrogens is 522 g/mol. The molecular formula is C31H49N5O5. The minimum atomic E-state index is -0.753. The molecule has 2 N–H and O–H groups in total. The van der Waals surface area contributed by atoms with Crippen LogP contribution >= 0.6 is 0 Å². The molecule has 1 heterocycles. The average molecular weight is 572 g/mol. The van der Waals surface area contributed by atoms with E-state index in [0.717, 1.165) is 63.8 Å². The van der Waals surface area contributed by atoms with E-state index in [1.807, 2.05) is 11.8 Å². The Morgan fingerprint density at radius 3 is 2.32 bits per heavy atom. The molecule has 3 rings (SSSR count). The van der Waals surface area contributed by atoms with Gasteiger partial charge in [-0.2, -0.15) is 0 Å². The van der Waals surface area contributed by atoms with Crippen molar-refractivity contribution < 1.29 is 19.6 Å². The molecule has 10 heteroatoms. The number of amides is 2. The number of likely N-dealkylation sites (tertiary alicyclic amines) is 1. The van der Waals surface area contributed by atoms with Crippen molar-refractivity contribution in [2.75, 3.05) is 39.3 Å². The van der Waals surface area contributed by atoms with E-state index in [0.29, 0.717) is 31.0 Å². The van der Waals surface area contributed by atoms with Crippen molar-refractivity contribution in [3.05, 3.63) is 65.3 Å². The van der Waals surface area contributed by atoms with E-state index >= 15 is 0 Å². The van der Waals surface area contributed by atoms with Crippen molar-refractivity contribution in [2.45, 2.75) is 71.5 Å². The number of hydrogen-bond donors (Lipinski definition) is 2. The highest BCUT2D eigenvalue weighted by molar-refractivity contribution is 5.74. The quantitative estimate of drug-likeness (QED) is 0.191. The molecule has 2 atom stereocenters. The topological polar surface area (TPSA) is 119 Å². The molecule has 2 amide bonds. The second-order valence-electron chi connectivity index (χ2n) is 11.5. The molecule has 1 unspecified atom stereocenters. The van der Waals surface area contributed by atoms with Crippen LogP contribution in [0, 0.1) is 22.0 Å². The Morgan fingerprint density at radius 1 is 1.15 bits per heavy atom. The third-order valence-corrected chi connectivity index (χ3v) is 7.66. The van der Waals surface area contributed by atoms with Crippen molar-refractivity contribution in [3.8, 4) is 0 Å². The molecule has 0 radical (unpaired) electrons. The number of carboxylic acid groups (broad SMARTS) is 1. The Kier molecular flexibility index (Phi) is 14.5. The van der Waals surface area contributed by atoms with Gasteiger partial charge in [-0.3, -0.25) is 19.8 Å². The lowest BCUT2D eigenvalue weighted by Crippen LogP contribution is -2.51. The number of carbonyl (C=O) groups is 2. The Labute approximate surface area is 245 Å². The lowest BCUT2D eigenvalue weighted by molar-refractivity contribution is -0.384. The van der Waals surface area contributed by atoms with Crippen LogP contribution in [0.4, 0.5) is 10.5 Å². The van der Waals surface area contributed by atoms with Gasteiger partial charge in [0.1, 0.15) is 0 Å². The molecule has 2 aliphatic rings. The summed E-state index contributed by atoms with van der Waals surface area (Å²) in [4.78, 5) is 41.3. The fourth-order valence-corrected chi connectivity index (χ4v) is 5.86. The van der Waals surface area contributed by atoms with E-state index in [4.69, 9.17) is 0 Å². The number of carbonyl (C=O) groups excluding carboxylic acids is 1. The summed E-state index contributed by atoms with van der Waals surface area (Å²) in [5.41, 5.74) is 0.837. The lowest BCUT2D eigenvalue weighted by Gasteiger charge is -2.39. The number of hydrogen-bond acceptors (Lipinski definition) is 6. The second kappa shape index (κ2) is 17.5. The number of carboxylic acids is 1.